The fraction of sp³-hybridized carbons (Fsp3) is 0.143. The van der Waals surface area contributed by atoms with Gasteiger partial charge < -0.3 is 5.32 Å². The Balaban J connectivity index is 1.37. The summed E-state index contributed by atoms with van der Waals surface area (Å²) in [6.07, 6.45) is -3.98. The average Bonchev–Trinajstić information content (AvgIpc) is 3.34. The first-order valence-electron chi connectivity index (χ1n) is 11.8. The van der Waals surface area contributed by atoms with E-state index in [9.17, 15) is 27.6 Å². The normalized spacial score (nSPS) is 17.2. The van der Waals surface area contributed by atoms with E-state index in [2.05, 4.69) is 5.32 Å². The number of fused-ring (bicyclic) bond motifs is 1. The van der Waals surface area contributed by atoms with Gasteiger partial charge in [-0.05, 0) is 36.2 Å². The molecule has 2 heterocycles. The Labute approximate surface area is 231 Å². The Morgan fingerprint density at radius 2 is 1.62 bits per heavy atom. The van der Waals surface area contributed by atoms with Crippen molar-refractivity contribution in [2.45, 2.75) is 12.6 Å². The van der Waals surface area contributed by atoms with Gasteiger partial charge >= 0.3 is 6.18 Å². The van der Waals surface area contributed by atoms with Crippen molar-refractivity contribution in [1.29, 1.82) is 0 Å². The molecule has 1 N–H and O–H groups in total. The number of halogens is 3. The van der Waals surface area contributed by atoms with Crippen LogP contribution in [-0.4, -0.2) is 40.0 Å². The van der Waals surface area contributed by atoms with Crippen molar-refractivity contribution in [3.05, 3.63) is 100 Å². The van der Waals surface area contributed by atoms with E-state index in [-0.39, 0.29) is 22.1 Å². The molecule has 3 aromatic carbocycles. The molecule has 1 fully saturated rings. The lowest BCUT2D eigenvalue weighted by Crippen LogP contribution is -2.35. The fourth-order valence-corrected chi connectivity index (χ4v) is 5.78. The molecule has 0 atom stereocenters. The maximum absolute atomic E-state index is 13.6. The van der Waals surface area contributed by atoms with Crippen LogP contribution in [0, 0.1) is 0 Å². The van der Waals surface area contributed by atoms with Crippen LogP contribution in [0.2, 0.25) is 0 Å². The van der Waals surface area contributed by atoms with Crippen molar-refractivity contribution >= 4 is 63.0 Å². The van der Waals surface area contributed by atoms with Crippen LogP contribution in [0.25, 0.3) is 5.57 Å². The Kier molecular flexibility index (Phi) is 7.28. The van der Waals surface area contributed by atoms with Gasteiger partial charge in [-0.2, -0.15) is 13.2 Å². The molecule has 5 rings (SSSR count). The molecule has 0 radical (unpaired) electrons. The number of anilines is 2. The van der Waals surface area contributed by atoms with Gasteiger partial charge in [0.2, 0.25) is 5.91 Å². The molecule has 0 unspecified atom stereocenters. The molecular weight excluding hydrogens is 547 g/mol. The van der Waals surface area contributed by atoms with Crippen LogP contribution in [0.3, 0.4) is 0 Å². The summed E-state index contributed by atoms with van der Waals surface area (Å²) < 4.78 is 39.5. The number of carbonyl (C=O) groups is 3. The van der Waals surface area contributed by atoms with E-state index in [4.69, 9.17) is 12.2 Å². The van der Waals surface area contributed by atoms with Crippen molar-refractivity contribution in [2.75, 3.05) is 23.3 Å². The lowest BCUT2D eigenvalue weighted by molar-refractivity contribution is -0.137. The topological polar surface area (TPSA) is 69.7 Å². The zero-order chi connectivity index (χ0) is 27.7. The third-order valence-corrected chi connectivity index (χ3v) is 7.69. The van der Waals surface area contributed by atoms with Gasteiger partial charge in [-0.1, -0.05) is 78.6 Å². The zero-order valence-electron chi connectivity index (χ0n) is 20.2. The number of para-hydroxylation sites is 1. The third-order valence-electron chi connectivity index (χ3n) is 6.24. The number of alkyl halides is 3. The molecule has 0 spiro atoms. The molecule has 2 aliphatic heterocycles. The lowest BCUT2D eigenvalue weighted by Gasteiger charge is -2.17. The lowest BCUT2D eigenvalue weighted by atomic mass is 10.1. The van der Waals surface area contributed by atoms with E-state index < -0.39 is 30.1 Å². The van der Waals surface area contributed by atoms with Crippen molar-refractivity contribution < 1.29 is 27.6 Å². The number of thiocarbonyl (C=S) groups is 1. The van der Waals surface area contributed by atoms with E-state index in [0.29, 0.717) is 28.5 Å². The highest BCUT2D eigenvalue weighted by Crippen LogP contribution is 2.44. The summed E-state index contributed by atoms with van der Waals surface area (Å²) in [5.74, 6) is -1.62. The first-order valence-corrected chi connectivity index (χ1v) is 13.1. The summed E-state index contributed by atoms with van der Waals surface area (Å²) in [5.41, 5.74) is 1.15. The van der Waals surface area contributed by atoms with Crippen molar-refractivity contribution in [3.8, 4) is 0 Å². The molecule has 39 heavy (non-hydrogen) atoms. The second-order valence-corrected chi connectivity index (χ2v) is 10.4. The molecule has 6 nitrogen and oxygen atoms in total. The molecule has 1 saturated heterocycles. The summed E-state index contributed by atoms with van der Waals surface area (Å²) in [6, 6.07) is 20.6. The van der Waals surface area contributed by atoms with Crippen LogP contribution < -0.4 is 10.2 Å². The first kappa shape index (κ1) is 26.6. The standard InChI is InChI=1S/C28H20F3N3O3S2/c29-28(30,31)18-9-6-10-19(15-18)32-22(35)16-34-21-12-5-4-11-20(21)23(25(34)36)24-26(37)33(27(38)39-24)14-13-17-7-2-1-3-8-17/h1-12,15H,13-14,16H2,(H,32,35)/b24-23+. The molecule has 3 amide bonds. The van der Waals surface area contributed by atoms with Gasteiger partial charge in [0.25, 0.3) is 11.8 Å². The number of nitrogens with one attached hydrogen (secondary N) is 1. The summed E-state index contributed by atoms with van der Waals surface area (Å²) in [5, 5.41) is 2.42. The van der Waals surface area contributed by atoms with Gasteiger partial charge in [-0.3, -0.25) is 24.2 Å². The van der Waals surface area contributed by atoms with Crippen LogP contribution in [0.4, 0.5) is 24.5 Å². The molecule has 11 heteroatoms. The van der Waals surface area contributed by atoms with Gasteiger partial charge in [0.05, 0.1) is 21.7 Å². The number of nitrogens with zero attached hydrogens (tertiary/aromatic N) is 2. The van der Waals surface area contributed by atoms with Crippen LogP contribution in [-0.2, 0) is 27.0 Å². The quantitative estimate of drug-likeness (QED) is 0.315. The predicted octanol–water partition coefficient (Wildman–Crippen LogP) is 5.50. The summed E-state index contributed by atoms with van der Waals surface area (Å²) in [7, 11) is 0. The number of amides is 3. The monoisotopic (exact) mass is 567 g/mol. The van der Waals surface area contributed by atoms with Crippen LogP contribution in [0.1, 0.15) is 16.7 Å². The Morgan fingerprint density at radius 1 is 0.897 bits per heavy atom. The van der Waals surface area contributed by atoms with Crippen LogP contribution >= 0.6 is 24.0 Å². The Morgan fingerprint density at radius 3 is 2.36 bits per heavy atom. The maximum atomic E-state index is 13.6. The zero-order valence-corrected chi connectivity index (χ0v) is 21.8. The number of hydrogen-bond donors (Lipinski definition) is 1. The molecule has 2 aliphatic rings. The van der Waals surface area contributed by atoms with Crippen LogP contribution in [0.5, 0.6) is 0 Å². The van der Waals surface area contributed by atoms with E-state index in [1.807, 2.05) is 30.3 Å². The second kappa shape index (κ2) is 10.7. The molecule has 198 valence electrons. The molecule has 0 saturated carbocycles. The smallest absolute Gasteiger partial charge is 0.325 e. The molecular formula is C28H20F3N3O3S2. The molecule has 0 aromatic heterocycles. The number of rotatable bonds is 6. The largest absolute Gasteiger partial charge is 0.416 e. The fourth-order valence-electron chi connectivity index (χ4n) is 4.40. The highest BCUT2D eigenvalue weighted by atomic mass is 32.2. The SMILES string of the molecule is O=C(CN1C(=O)/C(=C2/SC(=S)N(CCc3ccccc3)C2=O)c2ccccc21)Nc1cccc(C(F)(F)F)c1. The van der Waals surface area contributed by atoms with E-state index in [1.165, 1.54) is 21.9 Å². The third kappa shape index (κ3) is 5.45. The number of thioether (sulfide) groups is 1. The minimum Gasteiger partial charge on any atom is -0.325 e. The highest BCUT2D eigenvalue weighted by Gasteiger charge is 2.42. The number of carbonyl (C=O) groups excluding carboxylic acids is 3. The first-order chi connectivity index (χ1) is 18.6. The van der Waals surface area contributed by atoms with Crippen LogP contribution in [0.15, 0.2) is 83.8 Å². The van der Waals surface area contributed by atoms with Gasteiger partial charge in [0, 0.05) is 17.8 Å². The van der Waals surface area contributed by atoms with Gasteiger partial charge in [-0.15, -0.1) is 0 Å². The van der Waals surface area contributed by atoms with Gasteiger partial charge in [-0.25, -0.2) is 0 Å². The van der Waals surface area contributed by atoms with E-state index in [0.717, 1.165) is 29.5 Å². The van der Waals surface area contributed by atoms with Crippen molar-refractivity contribution in [3.63, 3.8) is 0 Å². The average molecular weight is 568 g/mol. The summed E-state index contributed by atoms with van der Waals surface area (Å²) in [4.78, 5) is 42.6. The summed E-state index contributed by atoms with van der Waals surface area (Å²) in [6.45, 7) is -0.103. The Hall–Kier alpha value is -3.96. The van der Waals surface area contributed by atoms with Gasteiger partial charge in [0.15, 0.2) is 0 Å². The maximum Gasteiger partial charge on any atom is 0.416 e. The van der Waals surface area contributed by atoms with Gasteiger partial charge in [0.1, 0.15) is 10.9 Å². The highest BCUT2D eigenvalue weighted by molar-refractivity contribution is 8.26. The summed E-state index contributed by atoms with van der Waals surface area (Å²) >= 11 is 6.50. The van der Waals surface area contributed by atoms with Crippen molar-refractivity contribution in [2.24, 2.45) is 0 Å². The molecule has 0 bridgehead atoms. The number of benzene rings is 3. The molecule has 0 aliphatic carbocycles. The second-order valence-electron chi connectivity index (χ2n) is 8.80. The van der Waals surface area contributed by atoms with E-state index >= 15 is 0 Å². The molecule has 3 aromatic rings. The Bertz CT molecular complexity index is 1520. The van der Waals surface area contributed by atoms with E-state index in [1.54, 1.807) is 24.3 Å². The number of hydrogen-bond acceptors (Lipinski definition) is 5. The van der Waals surface area contributed by atoms with Crippen molar-refractivity contribution in [1.82, 2.24) is 4.90 Å². The minimum absolute atomic E-state index is 0.0470. The predicted molar refractivity (Wildman–Crippen MR) is 148 cm³/mol. The minimum atomic E-state index is -4.56.